The lowest BCUT2D eigenvalue weighted by Gasteiger charge is -2.26. The van der Waals surface area contributed by atoms with Crippen molar-refractivity contribution in [3.8, 4) is 33.8 Å². The third kappa shape index (κ3) is 10.4. The smallest absolute Gasteiger partial charge is 0.406 e. The lowest BCUT2D eigenvalue weighted by atomic mass is 9.79. The molecule has 0 radical (unpaired) electrons. The molecular formula is C40H38F10O2. The summed E-state index contributed by atoms with van der Waals surface area (Å²) >= 11 is 0. The summed E-state index contributed by atoms with van der Waals surface area (Å²) in [5, 5.41) is 0. The molecule has 280 valence electrons. The van der Waals surface area contributed by atoms with Crippen molar-refractivity contribution in [1.29, 1.82) is 0 Å². The fraction of sp³-hybridized carbons (Fsp3) is 0.400. The van der Waals surface area contributed by atoms with Gasteiger partial charge in [-0.05, 0) is 120 Å². The van der Waals surface area contributed by atoms with Gasteiger partial charge in [0.05, 0.1) is 11.1 Å². The Kier molecular flexibility index (Phi) is 12.2. The van der Waals surface area contributed by atoms with Crippen LogP contribution in [0.2, 0.25) is 0 Å². The summed E-state index contributed by atoms with van der Waals surface area (Å²) in [5.74, 6) is -2.13. The molecule has 0 unspecified atom stereocenters. The summed E-state index contributed by atoms with van der Waals surface area (Å²) in [5.41, 5.74) is 1.14. The molecule has 0 saturated heterocycles. The summed E-state index contributed by atoms with van der Waals surface area (Å²) in [4.78, 5) is 0. The normalized spacial score (nSPS) is 20.8. The Bertz CT molecular complexity index is 1600. The molecule has 2 fully saturated rings. The largest absolute Gasteiger partial charge is 0.573 e. The van der Waals surface area contributed by atoms with E-state index in [0.717, 1.165) is 75.6 Å². The first-order chi connectivity index (χ1) is 24.5. The molecule has 12 heteroatoms. The van der Waals surface area contributed by atoms with Gasteiger partial charge in [-0.1, -0.05) is 63.8 Å². The van der Waals surface area contributed by atoms with E-state index in [1.165, 1.54) is 48.5 Å². The van der Waals surface area contributed by atoms with Crippen LogP contribution < -0.4 is 9.47 Å². The Morgan fingerprint density at radius 1 is 0.442 bits per heavy atom. The summed E-state index contributed by atoms with van der Waals surface area (Å²) < 4.78 is 139. The van der Waals surface area contributed by atoms with Crippen LogP contribution in [0.3, 0.4) is 0 Å². The number of alkyl halides is 6. The highest BCUT2D eigenvalue weighted by molar-refractivity contribution is 5.67. The van der Waals surface area contributed by atoms with Crippen LogP contribution in [0.4, 0.5) is 43.9 Å². The van der Waals surface area contributed by atoms with Crippen LogP contribution in [-0.4, -0.2) is 12.7 Å². The second-order valence-electron chi connectivity index (χ2n) is 13.8. The molecule has 0 bridgehead atoms. The number of rotatable bonds is 6. The maximum absolute atomic E-state index is 14.5. The molecule has 2 aliphatic rings. The average molecular weight is 741 g/mol. The molecule has 4 aromatic carbocycles. The van der Waals surface area contributed by atoms with Crippen LogP contribution >= 0.6 is 0 Å². The molecule has 0 aliphatic heterocycles. The van der Waals surface area contributed by atoms with Crippen LogP contribution in [0.15, 0.2) is 72.8 Å². The molecule has 0 atom stereocenters. The highest BCUT2D eigenvalue weighted by Gasteiger charge is 2.32. The molecule has 0 heterocycles. The molecule has 6 rings (SSSR count). The summed E-state index contributed by atoms with van der Waals surface area (Å²) in [7, 11) is 0. The fourth-order valence-electron chi connectivity index (χ4n) is 7.04. The van der Waals surface area contributed by atoms with E-state index >= 15 is 0 Å². The first-order valence-corrected chi connectivity index (χ1v) is 17.2. The Labute approximate surface area is 295 Å². The van der Waals surface area contributed by atoms with E-state index in [4.69, 9.17) is 0 Å². The van der Waals surface area contributed by atoms with Crippen LogP contribution in [0, 0.1) is 35.1 Å². The highest BCUT2D eigenvalue weighted by Crippen LogP contribution is 2.40. The molecular weight excluding hydrogens is 702 g/mol. The molecule has 2 saturated carbocycles. The Balaban J connectivity index is 0.000000201. The van der Waals surface area contributed by atoms with Gasteiger partial charge < -0.3 is 9.47 Å². The zero-order valence-electron chi connectivity index (χ0n) is 28.5. The number of benzene rings is 4. The predicted octanol–water partition coefficient (Wildman–Crippen LogP) is 13.6. The van der Waals surface area contributed by atoms with E-state index in [9.17, 15) is 43.9 Å². The Morgan fingerprint density at radius 2 is 0.712 bits per heavy atom. The van der Waals surface area contributed by atoms with Crippen molar-refractivity contribution < 1.29 is 53.4 Å². The van der Waals surface area contributed by atoms with Crippen LogP contribution in [0.1, 0.15) is 88.2 Å². The van der Waals surface area contributed by atoms with E-state index in [0.29, 0.717) is 23.0 Å². The molecule has 52 heavy (non-hydrogen) atoms. The van der Waals surface area contributed by atoms with Gasteiger partial charge in [0.2, 0.25) is 0 Å². The zero-order chi connectivity index (χ0) is 37.8. The minimum atomic E-state index is -4.81. The molecule has 0 aromatic heterocycles. The maximum Gasteiger partial charge on any atom is 0.573 e. The van der Waals surface area contributed by atoms with Crippen molar-refractivity contribution in [2.75, 3.05) is 0 Å². The van der Waals surface area contributed by atoms with Crippen molar-refractivity contribution in [2.45, 2.75) is 89.8 Å². The van der Waals surface area contributed by atoms with Gasteiger partial charge in [-0.3, -0.25) is 0 Å². The van der Waals surface area contributed by atoms with Crippen LogP contribution in [0.25, 0.3) is 22.3 Å². The van der Waals surface area contributed by atoms with Gasteiger partial charge in [0.15, 0.2) is 0 Å². The second kappa shape index (κ2) is 16.2. The van der Waals surface area contributed by atoms with Gasteiger partial charge >= 0.3 is 12.7 Å². The van der Waals surface area contributed by atoms with Crippen molar-refractivity contribution in [2.24, 2.45) is 11.8 Å². The highest BCUT2D eigenvalue weighted by atomic mass is 19.4. The van der Waals surface area contributed by atoms with Crippen LogP contribution in [0.5, 0.6) is 11.5 Å². The summed E-state index contributed by atoms with van der Waals surface area (Å²) in [6, 6.07) is 14.4. The Morgan fingerprint density at radius 3 is 0.962 bits per heavy atom. The number of hydrogen-bond donors (Lipinski definition) is 0. The average Bonchev–Trinajstić information content (AvgIpc) is 3.05. The first-order valence-electron chi connectivity index (χ1n) is 17.2. The van der Waals surface area contributed by atoms with E-state index in [1.807, 2.05) is 0 Å². The third-order valence-electron chi connectivity index (χ3n) is 9.86. The standard InChI is InChI=1S/2C20H19F5O/c2*1-12-2-4-13(5-3-12)15-10-17(21)19(18(22)11-15)14-6-8-16(9-7-14)26-20(23,24)25/h2*6-13H,2-5H2,1H3. The lowest BCUT2D eigenvalue weighted by Crippen LogP contribution is -2.17. The van der Waals surface area contributed by atoms with Crippen molar-refractivity contribution in [3.63, 3.8) is 0 Å². The number of hydrogen-bond acceptors (Lipinski definition) is 2. The molecule has 0 spiro atoms. The zero-order valence-corrected chi connectivity index (χ0v) is 28.5. The second-order valence-corrected chi connectivity index (χ2v) is 13.8. The van der Waals surface area contributed by atoms with Gasteiger partial charge in [-0.25, -0.2) is 17.6 Å². The van der Waals surface area contributed by atoms with Crippen LogP contribution in [-0.2, 0) is 0 Å². The monoisotopic (exact) mass is 740 g/mol. The topological polar surface area (TPSA) is 18.5 Å². The quantitative estimate of drug-likeness (QED) is 0.183. The van der Waals surface area contributed by atoms with Crippen molar-refractivity contribution in [1.82, 2.24) is 0 Å². The van der Waals surface area contributed by atoms with Crippen molar-refractivity contribution in [3.05, 3.63) is 107 Å². The van der Waals surface area contributed by atoms with E-state index in [1.54, 1.807) is 0 Å². The first kappa shape index (κ1) is 39.0. The molecule has 0 N–H and O–H groups in total. The van der Waals surface area contributed by atoms with Crippen molar-refractivity contribution >= 4 is 0 Å². The van der Waals surface area contributed by atoms with Gasteiger partial charge in [0, 0.05) is 0 Å². The van der Waals surface area contributed by atoms with Gasteiger partial charge in [0.25, 0.3) is 0 Å². The minimum absolute atomic E-state index is 0.145. The third-order valence-corrected chi connectivity index (χ3v) is 9.86. The summed E-state index contributed by atoms with van der Waals surface area (Å²) in [6.45, 7) is 4.35. The minimum Gasteiger partial charge on any atom is -0.406 e. The molecule has 2 aliphatic carbocycles. The van der Waals surface area contributed by atoms with Gasteiger partial charge in [-0.2, -0.15) is 0 Å². The summed E-state index contributed by atoms with van der Waals surface area (Å²) in [6.07, 6.45) is -1.84. The SMILES string of the molecule is CC1CCC(c2cc(F)c(-c3ccc(OC(F)(F)F)cc3)c(F)c2)CC1.CC1CCC(c2cc(F)c(-c3ccc(OC(F)(F)F)cc3)c(F)c2)CC1. The maximum atomic E-state index is 14.5. The molecule has 0 amide bonds. The van der Waals surface area contributed by atoms with E-state index < -0.39 is 47.5 Å². The van der Waals surface area contributed by atoms with E-state index in [2.05, 4.69) is 23.3 Å². The molecule has 4 aromatic rings. The van der Waals surface area contributed by atoms with E-state index in [-0.39, 0.29) is 34.1 Å². The van der Waals surface area contributed by atoms with Gasteiger partial charge in [0.1, 0.15) is 34.8 Å². The molecule has 2 nitrogen and oxygen atoms in total. The Hall–Kier alpha value is -4.22. The number of halogens is 10. The fourth-order valence-corrected chi connectivity index (χ4v) is 7.04. The number of ether oxygens (including phenoxy) is 2. The van der Waals surface area contributed by atoms with Gasteiger partial charge in [-0.15, -0.1) is 26.3 Å². The lowest BCUT2D eigenvalue weighted by molar-refractivity contribution is -0.275. The predicted molar refractivity (Wildman–Crippen MR) is 178 cm³/mol.